The van der Waals surface area contributed by atoms with Crippen LogP contribution in [-0.2, 0) is 6.61 Å². The molecule has 18 heavy (non-hydrogen) atoms. The van der Waals surface area contributed by atoms with Crippen LogP contribution in [0.3, 0.4) is 0 Å². The molecule has 0 heterocycles. The molecule has 2 nitrogen and oxygen atoms in total. The lowest BCUT2D eigenvalue weighted by Crippen LogP contribution is -2.01. The first-order valence-corrected chi connectivity index (χ1v) is 5.95. The van der Waals surface area contributed by atoms with Crippen LogP contribution in [-0.4, -0.2) is 0 Å². The Morgan fingerprint density at radius 2 is 1.83 bits per heavy atom. The summed E-state index contributed by atoms with van der Waals surface area (Å²) in [5.74, 6) is -0.485. The number of hydrogen-bond donors (Lipinski definition) is 1. The molecule has 0 bridgehead atoms. The van der Waals surface area contributed by atoms with Crippen molar-refractivity contribution in [2.24, 2.45) is 0 Å². The molecule has 2 rings (SSSR count). The minimum atomic E-state index is -0.506. The van der Waals surface area contributed by atoms with Crippen molar-refractivity contribution in [2.75, 3.05) is 5.73 Å². The van der Waals surface area contributed by atoms with E-state index >= 15 is 0 Å². The van der Waals surface area contributed by atoms with Gasteiger partial charge in [0.15, 0.2) is 11.6 Å². The first-order chi connectivity index (χ1) is 8.59. The zero-order chi connectivity index (χ0) is 13.1. The minimum absolute atomic E-state index is 0.0218. The maximum Gasteiger partial charge on any atom is 0.178 e. The Labute approximate surface area is 114 Å². The highest BCUT2D eigenvalue weighted by molar-refractivity contribution is 6.42. The van der Waals surface area contributed by atoms with E-state index in [1.165, 1.54) is 12.1 Å². The van der Waals surface area contributed by atoms with Crippen molar-refractivity contribution < 1.29 is 9.13 Å². The molecule has 2 aromatic carbocycles. The molecule has 0 saturated carbocycles. The fourth-order valence-electron chi connectivity index (χ4n) is 1.49. The number of anilines is 1. The van der Waals surface area contributed by atoms with Crippen molar-refractivity contribution in [1.82, 2.24) is 0 Å². The Bertz CT molecular complexity index is 555. The van der Waals surface area contributed by atoms with E-state index < -0.39 is 5.82 Å². The standard InChI is InChI=1S/C13H10Cl2FNO/c14-9-4-1-3-8(12(9)15)7-18-13-10(16)5-2-6-11(13)17/h1-6H,7,17H2. The fraction of sp³-hybridized carbons (Fsp3) is 0.0769. The van der Waals surface area contributed by atoms with Crippen LogP contribution in [0.15, 0.2) is 36.4 Å². The third kappa shape index (κ3) is 2.68. The van der Waals surface area contributed by atoms with Crippen molar-refractivity contribution in [2.45, 2.75) is 6.61 Å². The average Bonchev–Trinajstić information content (AvgIpc) is 2.33. The van der Waals surface area contributed by atoms with E-state index in [4.69, 9.17) is 33.7 Å². The topological polar surface area (TPSA) is 35.2 Å². The van der Waals surface area contributed by atoms with E-state index in [0.717, 1.165) is 0 Å². The van der Waals surface area contributed by atoms with Gasteiger partial charge in [-0.25, -0.2) is 4.39 Å². The average molecular weight is 286 g/mol. The van der Waals surface area contributed by atoms with Gasteiger partial charge in [-0.3, -0.25) is 0 Å². The summed E-state index contributed by atoms with van der Waals surface area (Å²) in [5.41, 5.74) is 6.55. The summed E-state index contributed by atoms with van der Waals surface area (Å²) in [6, 6.07) is 9.54. The molecule has 0 fully saturated rings. The summed E-state index contributed by atoms with van der Waals surface area (Å²) in [7, 11) is 0. The van der Waals surface area contributed by atoms with Crippen molar-refractivity contribution in [3.8, 4) is 5.75 Å². The second-order valence-electron chi connectivity index (χ2n) is 3.66. The molecule has 0 aliphatic heterocycles. The number of benzene rings is 2. The van der Waals surface area contributed by atoms with Gasteiger partial charge in [-0.2, -0.15) is 0 Å². The molecule has 0 aromatic heterocycles. The summed E-state index contributed by atoms with van der Waals surface area (Å²) in [6.45, 7) is 0.102. The number of para-hydroxylation sites is 1. The highest BCUT2D eigenvalue weighted by Gasteiger charge is 2.09. The number of rotatable bonds is 3. The molecular formula is C13H10Cl2FNO. The third-order valence-electron chi connectivity index (χ3n) is 2.40. The van der Waals surface area contributed by atoms with E-state index in [9.17, 15) is 4.39 Å². The highest BCUT2D eigenvalue weighted by Crippen LogP contribution is 2.29. The summed E-state index contributed by atoms with van der Waals surface area (Å²) in [6.07, 6.45) is 0. The molecule has 5 heteroatoms. The van der Waals surface area contributed by atoms with Gasteiger partial charge in [0, 0.05) is 5.56 Å². The molecule has 0 radical (unpaired) electrons. The number of nitrogen functional groups attached to an aromatic ring is 1. The summed E-state index contributed by atoms with van der Waals surface area (Å²) in [4.78, 5) is 0. The van der Waals surface area contributed by atoms with Gasteiger partial charge in [-0.1, -0.05) is 41.4 Å². The van der Waals surface area contributed by atoms with Crippen molar-refractivity contribution >= 4 is 28.9 Å². The van der Waals surface area contributed by atoms with Gasteiger partial charge in [0.1, 0.15) is 6.61 Å². The van der Waals surface area contributed by atoms with Gasteiger partial charge in [0.25, 0.3) is 0 Å². The lowest BCUT2D eigenvalue weighted by Gasteiger charge is -2.11. The Kier molecular flexibility index (Phi) is 3.94. The number of halogens is 3. The van der Waals surface area contributed by atoms with Gasteiger partial charge >= 0.3 is 0 Å². The molecule has 0 spiro atoms. The summed E-state index contributed by atoms with van der Waals surface area (Å²) < 4.78 is 18.8. The third-order valence-corrected chi connectivity index (χ3v) is 3.26. The predicted octanol–water partition coefficient (Wildman–Crippen LogP) is 4.29. The van der Waals surface area contributed by atoms with Crippen LogP contribution in [0, 0.1) is 5.82 Å². The molecule has 0 aliphatic carbocycles. The first kappa shape index (κ1) is 13.0. The molecule has 2 N–H and O–H groups in total. The number of nitrogens with two attached hydrogens (primary N) is 1. The maximum absolute atomic E-state index is 13.5. The van der Waals surface area contributed by atoms with Crippen LogP contribution in [0.4, 0.5) is 10.1 Å². The Morgan fingerprint density at radius 3 is 2.56 bits per heavy atom. The molecule has 0 atom stereocenters. The molecule has 0 unspecified atom stereocenters. The number of hydrogen-bond acceptors (Lipinski definition) is 2. The molecular weight excluding hydrogens is 276 g/mol. The van der Waals surface area contributed by atoms with Crippen LogP contribution in [0.2, 0.25) is 10.0 Å². The SMILES string of the molecule is Nc1cccc(F)c1OCc1cccc(Cl)c1Cl. The van der Waals surface area contributed by atoms with Gasteiger partial charge in [0.05, 0.1) is 15.7 Å². The molecule has 0 amide bonds. The Morgan fingerprint density at radius 1 is 1.11 bits per heavy atom. The van der Waals surface area contributed by atoms with Crippen LogP contribution in [0.25, 0.3) is 0 Å². The largest absolute Gasteiger partial charge is 0.484 e. The smallest absolute Gasteiger partial charge is 0.178 e. The monoisotopic (exact) mass is 285 g/mol. The Balaban J connectivity index is 2.19. The van der Waals surface area contributed by atoms with Crippen molar-refractivity contribution in [1.29, 1.82) is 0 Å². The lowest BCUT2D eigenvalue weighted by atomic mass is 10.2. The van der Waals surface area contributed by atoms with E-state index in [-0.39, 0.29) is 18.0 Å². The van der Waals surface area contributed by atoms with Crippen molar-refractivity contribution in [3.05, 3.63) is 57.8 Å². The normalized spacial score (nSPS) is 10.4. The van der Waals surface area contributed by atoms with E-state index in [1.54, 1.807) is 24.3 Å². The van der Waals surface area contributed by atoms with Gasteiger partial charge < -0.3 is 10.5 Å². The van der Waals surface area contributed by atoms with Crippen LogP contribution >= 0.6 is 23.2 Å². The van der Waals surface area contributed by atoms with Crippen LogP contribution < -0.4 is 10.5 Å². The minimum Gasteiger partial charge on any atom is -0.484 e. The molecule has 0 aliphatic rings. The van der Waals surface area contributed by atoms with Gasteiger partial charge in [-0.05, 0) is 18.2 Å². The number of ether oxygens (including phenoxy) is 1. The van der Waals surface area contributed by atoms with Gasteiger partial charge in [-0.15, -0.1) is 0 Å². The molecule has 2 aromatic rings. The summed E-state index contributed by atoms with van der Waals surface area (Å²) >= 11 is 11.9. The zero-order valence-corrected chi connectivity index (χ0v) is 10.8. The fourth-order valence-corrected chi connectivity index (χ4v) is 1.86. The quantitative estimate of drug-likeness (QED) is 0.854. The van der Waals surface area contributed by atoms with E-state index in [1.807, 2.05) is 0 Å². The van der Waals surface area contributed by atoms with Crippen LogP contribution in [0.5, 0.6) is 5.75 Å². The van der Waals surface area contributed by atoms with Gasteiger partial charge in [0.2, 0.25) is 0 Å². The second-order valence-corrected chi connectivity index (χ2v) is 4.44. The molecule has 94 valence electrons. The first-order valence-electron chi connectivity index (χ1n) is 5.19. The predicted molar refractivity (Wildman–Crippen MR) is 71.6 cm³/mol. The Hall–Kier alpha value is -1.45. The zero-order valence-electron chi connectivity index (χ0n) is 9.29. The van der Waals surface area contributed by atoms with E-state index in [2.05, 4.69) is 0 Å². The van der Waals surface area contributed by atoms with E-state index in [0.29, 0.717) is 15.6 Å². The van der Waals surface area contributed by atoms with Crippen LogP contribution in [0.1, 0.15) is 5.56 Å². The molecule has 0 saturated heterocycles. The lowest BCUT2D eigenvalue weighted by molar-refractivity contribution is 0.292. The van der Waals surface area contributed by atoms with Crippen molar-refractivity contribution in [3.63, 3.8) is 0 Å². The summed E-state index contributed by atoms with van der Waals surface area (Å²) in [5, 5.41) is 0.827. The second kappa shape index (κ2) is 5.46. The highest BCUT2D eigenvalue weighted by atomic mass is 35.5. The maximum atomic E-state index is 13.5.